The van der Waals surface area contributed by atoms with Crippen molar-refractivity contribution in [3.63, 3.8) is 0 Å². The van der Waals surface area contributed by atoms with Crippen molar-refractivity contribution in [2.45, 2.75) is 13.8 Å². The van der Waals surface area contributed by atoms with E-state index in [2.05, 4.69) is 33.6 Å². The van der Waals surface area contributed by atoms with Crippen LogP contribution in [0.1, 0.15) is 10.6 Å². The van der Waals surface area contributed by atoms with Gasteiger partial charge in [-0.25, -0.2) is 9.97 Å². The van der Waals surface area contributed by atoms with Gasteiger partial charge in [-0.2, -0.15) is 0 Å². The van der Waals surface area contributed by atoms with Crippen molar-refractivity contribution in [2.24, 2.45) is 7.05 Å². The van der Waals surface area contributed by atoms with Crippen molar-refractivity contribution in [1.29, 1.82) is 0 Å². The summed E-state index contributed by atoms with van der Waals surface area (Å²) < 4.78 is 1.51. The predicted molar refractivity (Wildman–Crippen MR) is 103 cm³/mol. The third kappa shape index (κ3) is 2.89. The number of hydrogen-bond acceptors (Lipinski definition) is 6. The number of aromatic nitrogens is 3. The molecule has 0 N–H and O–H groups in total. The largest absolute Gasteiger partial charge is 0.368 e. The van der Waals surface area contributed by atoms with Crippen LogP contribution in [0.2, 0.25) is 0 Å². The van der Waals surface area contributed by atoms with Crippen molar-refractivity contribution >= 4 is 33.1 Å². The summed E-state index contributed by atoms with van der Waals surface area (Å²) in [5, 5.41) is 1.79. The van der Waals surface area contributed by atoms with Crippen LogP contribution in [0, 0.1) is 13.8 Å². The third-order valence-corrected chi connectivity index (χ3v) is 5.97. The van der Waals surface area contributed by atoms with Crippen molar-refractivity contribution < 1.29 is 0 Å². The topological polar surface area (TPSA) is 54.3 Å². The van der Waals surface area contributed by atoms with Crippen molar-refractivity contribution in [3.8, 4) is 0 Å². The lowest BCUT2D eigenvalue weighted by atomic mass is 10.2. The second-order valence-electron chi connectivity index (χ2n) is 6.47. The highest BCUT2D eigenvalue weighted by Gasteiger charge is 2.20. The van der Waals surface area contributed by atoms with Gasteiger partial charge in [-0.3, -0.25) is 4.79 Å². The lowest BCUT2D eigenvalue weighted by molar-refractivity contribution is 0.652. The second kappa shape index (κ2) is 6.15. The summed E-state index contributed by atoms with van der Waals surface area (Å²) >= 11 is 1.77. The molecule has 25 heavy (non-hydrogen) atoms. The van der Waals surface area contributed by atoms with Gasteiger partial charge < -0.3 is 14.4 Å². The summed E-state index contributed by atoms with van der Waals surface area (Å²) in [5.41, 5.74) is 3.01. The number of anilines is 2. The number of benzene rings is 1. The van der Waals surface area contributed by atoms with Crippen molar-refractivity contribution in [2.75, 3.05) is 36.0 Å². The molecule has 0 saturated carbocycles. The Hall–Kier alpha value is -2.41. The molecular formula is C18H21N5OS. The molecule has 0 amide bonds. The third-order valence-electron chi connectivity index (χ3n) is 4.83. The van der Waals surface area contributed by atoms with E-state index in [1.165, 1.54) is 9.44 Å². The monoisotopic (exact) mass is 355 g/mol. The zero-order valence-corrected chi connectivity index (χ0v) is 15.5. The van der Waals surface area contributed by atoms with Gasteiger partial charge in [0.05, 0.1) is 22.9 Å². The minimum absolute atomic E-state index is 0.00382. The normalized spacial score (nSPS) is 15.2. The van der Waals surface area contributed by atoms with E-state index in [1.807, 2.05) is 18.2 Å². The zero-order valence-electron chi connectivity index (χ0n) is 14.7. The summed E-state index contributed by atoms with van der Waals surface area (Å²) in [4.78, 5) is 27.2. The predicted octanol–water partition coefficient (Wildman–Crippen LogP) is 2.33. The average Bonchev–Trinajstić information content (AvgIpc) is 2.97. The van der Waals surface area contributed by atoms with E-state index in [0.717, 1.165) is 48.2 Å². The first-order valence-electron chi connectivity index (χ1n) is 8.42. The Bertz CT molecular complexity index is 965. The molecule has 4 rings (SSSR count). The Morgan fingerprint density at radius 2 is 1.80 bits per heavy atom. The molecule has 0 aliphatic carbocycles. The standard InChI is InChI=1S/C18H21N5OS/c1-12-13(2)25-18(20-12)23-8-6-22(7-9-23)14-4-5-15-16(10-14)19-11-21(3)17(15)24/h4-5,10-11H,6-9H2,1-3H3. The molecule has 1 fully saturated rings. The molecule has 7 heteroatoms. The quantitative estimate of drug-likeness (QED) is 0.706. The Morgan fingerprint density at radius 1 is 1.08 bits per heavy atom. The molecule has 1 saturated heterocycles. The van der Waals surface area contributed by atoms with Crippen molar-refractivity contribution in [3.05, 3.63) is 45.5 Å². The average molecular weight is 355 g/mol. The molecule has 3 heterocycles. The molecular weight excluding hydrogens is 334 g/mol. The van der Waals surface area contributed by atoms with Crippen LogP contribution in [0.4, 0.5) is 10.8 Å². The molecule has 0 spiro atoms. The Morgan fingerprint density at radius 3 is 2.48 bits per heavy atom. The van der Waals surface area contributed by atoms with Gasteiger partial charge >= 0.3 is 0 Å². The first kappa shape index (κ1) is 16.1. The van der Waals surface area contributed by atoms with Crippen LogP contribution < -0.4 is 15.4 Å². The summed E-state index contributed by atoms with van der Waals surface area (Å²) in [7, 11) is 1.73. The van der Waals surface area contributed by atoms with Gasteiger partial charge in [-0.1, -0.05) is 0 Å². The van der Waals surface area contributed by atoms with Crippen molar-refractivity contribution in [1.82, 2.24) is 14.5 Å². The Kier molecular flexibility index (Phi) is 3.95. The maximum Gasteiger partial charge on any atom is 0.260 e. The fourth-order valence-corrected chi connectivity index (χ4v) is 4.10. The lowest BCUT2D eigenvalue weighted by Gasteiger charge is -2.36. The highest BCUT2D eigenvalue weighted by atomic mass is 32.1. The molecule has 6 nitrogen and oxygen atoms in total. The van der Waals surface area contributed by atoms with E-state index >= 15 is 0 Å². The van der Waals surface area contributed by atoms with Gasteiger partial charge in [0.2, 0.25) is 0 Å². The SMILES string of the molecule is Cc1nc(N2CCN(c3ccc4c(=O)n(C)cnc4c3)CC2)sc1C. The summed E-state index contributed by atoms with van der Waals surface area (Å²) in [5.74, 6) is 0. The number of nitrogens with zero attached hydrogens (tertiary/aromatic N) is 5. The molecule has 2 aromatic heterocycles. The van der Waals surface area contributed by atoms with E-state index in [9.17, 15) is 4.79 Å². The van der Waals surface area contributed by atoms with Crippen LogP contribution in [-0.2, 0) is 7.05 Å². The maximum atomic E-state index is 12.1. The highest BCUT2D eigenvalue weighted by molar-refractivity contribution is 7.15. The Labute approximate surface area is 150 Å². The fourth-order valence-electron chi connectivity index (χ4n) is 3.14. The Balaban J connectivity index is 1.53. The van der Waals surface area contributed by atoms with Gasteiger partial charge in [0.25, 0.3) is 5.56 Å². The van der Waals surface area contributed by atoms with Crippen LogP contribution in [0.5, 0.6) is 0 Å². The van der Waals surface area contributed by atoms with Crippen LogP contribution in [-0.4, -0.2) is 40.7 Å². The molecule has 1 aliphatic heterocycles. The van der Waals surface area contributed by atoms with Gasteiger partial charge in [-0.15, -0.1) is 11.3 Å². The van der Waals surface area contributed by atoms with E-state index in [4.69, 9.17) is 0 Å². The van der Waals surface area contributed by atoms with Crippen LogP contribution in [0.25, 0.3) is 10.9 Å². The maximum absolute atomic E-state index is 12.1. The minimum atomic E-state index is -0.00382. The van der Waals surface area contributed by atoms with Gasteiger partial charge in [-0.05, 0) is 32.0 Å². The summed E-state index contributed by atoms with van der Waals surface area (Å²) in [6, 6.07) is 5.93. The van der Waals surface area contributed by atoms with Crippen LogP contribution in [0.3, 0.4) is 0 Å². The number of fused-ring (bicyclic) bond motifs is 1. The van der Waals surface area contributed by atoms with E-state index < -0.39 is 0 Å². The highest BCUT2D eigenvalue weighted by Crippen LogP contribution is 2.27. The summed E-state index contributed by atoms with van der Waals surface area (Å²) in [6.07, 6.45) is 1.58. The van der Waals surface area contributed by atoms with Gasteiger partial charge in [0, 0.05) is 43.8 Å². The van der Waals surface area contributed by atoms with E-state index in [0.29, 0.717) is 5.39 Å². The minimum Gasteiger partial charge on any atom is -0.368 e. The molecule has 1 aliphatic rings. The number of aryl methyl sites for hydroxylation is 3. The molecule has 0 bridgehead atoms. The molecule has 0 unspecified atom stereocenters. The lowest BCUT2D eigenvalue weighted by Crippen LogP contribution is -2.46. The molecule has 3 aromatic rings. The first-order valence-corrected chi connectivity index (χ1v) is 9.24. The summed E-state index contributed by atoms with van der Waals surface area (Å²) in [6.45, 7) is 7.97. The van der Waals surface area contributed by atoms with E-state index in [-0.39, 0.29) is 5.56 Å². The fraction of sp³-hybridized carbons (Fsp3) is 0.389. The number of rotatable bonds is 2. The first-order chi connectivity index (χ1) is 12.0. The number of thiazole rings is 1. The van der Waals surface area contributed by atoms with Crippen LogP contribution >= 0.6 is 11.3 Å². The molecule has 1 aromatic carbocycles. The molecule has 0 radical (unpaired) electrons. The zero-order chi connectivity index (χ0) is 17.6. The molecule has 0 atom stereocenters. The second-order valence-corrected chi connectivity index (χ2v) is 7.66. The number of piperazine rings is 1. The van der Waals surface area contributed by atoms with E-state index in [1.54, 1.807) is 24.7 Å². The van der Waals surface area contributed by atoms with Gasteiger partial charge in [0.15, 0.2) is 5.13 Å². The van der Waals surface area contributed by atoms with Crippen LogP contribution in [0.15, 0.2) is 29.3 Å². The molecule has 130 valence electrons. The van der Waals surface area contributed by atoms with Gasteiger partial charge in [0.1, 0.15) is 0 Å². The number of hydrogen-bond donors (Lipinski definition) is 0. The smallest absolute Gasteiger partial charge is 0.260 e.